The second-order valence-electron chi connectivity index (χ2n) is 3.00. The normalized spacial score (nSPS) is 10.3. The van der Waals surface area contributed by atoms with E-state index >= 15 is 0 Å². The first-order chi connectivity index (χ1) is 5.66. The summed E-state index contributed by atoms with van der Waals surface area (Å²) < 4.78 is 5.27. The number of carbonyl (C=O) groups is 1. The van der Waals surface area contributed by atoms with Gasteiger partial charge in [0.2, 0.25) is 6.41 Å². The molecule has 0 aromatic heterocycles. The Morgan fingerprint density at radius 3 is 2.25 bits per heavy atom. The lowest BCUT2D eigenvalue weighted by Crippen LogP contribution is -2.24. The highest BCUT2D eigenvalue weighted by atomic mass is 16.5. The largest absolute Gasteiger partial charge is 0.378 e. The lowest BCUT2D eigenvalue weighted by Gasteiger charge is -2.12. The fraction of sp³-hybridized carbons (Fsp3) is 0.875. The molecule has 0 aliphatic rings. The van der Waals surface area contributed by atoms with Crippen LogP contribution >= 0.6 is 0 Å². The average molecular weight is 174 g/mol. The Morgan fingerprint density at radius 2 is 1.75 bits per heavy atom. The SMILES string of the molecule is CN(C)CCOCCN(C)C=O. The molecule has 0 bridgehead atoms. The summed E-state index contributed by atoms with van der Waals surface area (Å²) in [6.45, 7) is 2.92. The molecule has 0 radical (unpaired) electrons. The zero-order valence-electron chi connectivity index (χ0n) is 8.12. The Kier molecular flexibility index (Phi) is 6.70. The van der Waals surface area contributed by atoms with Crippen LogP contribution in [0.25, 0.3) is 0 Å². The summed E-state index contributed by atoms with van der Waals surface area (Å²) in [6.07, 6.45) is 0.801. The third kappa shape index (κ3) is 7.50. The van der Waals surface area contributed by atoms with Crippen molar-refractivity contribution in [2.75, 3.05) is 47.4 Å². The maximum Gasteiger partial charge on any atom is 0.209 e. The Balaban J connectivity index is 3.05. The van der Waals surface area contributed by atoms with Crippen LogP contribution in [0.3, 0.4) is 0 Å². The van der Waals surface area contributed by atoms with E-state index in [9.17, 15) is 4.79 Å². The van der Waals surface area contributed by atoms with Crippen LogP contribution in [0.2, 0.25) is 0 Å². The van der Waals surface area contributed by atoms with Gasteiger partial charge in [-0.05, 0) is 14.1 Å². The Labute approximate surface area is 74.1 Å². The van der Waals surface area contributed by atoms with Crippen LogP contribution in [0.5, 0.6) is 0 Å². The van der Waals surface area contributed by atoms with Gasteiger partial charge in [0.15, 0.2) is 0 Å². The van der Waals surface area contributed by atoms with Gasteiger partial charge in [0.25, 0.3) is 0 Å². The van der Waals surface area contributed by atoms with Gasteiger partial charge < -0.3 is 14.5 Å². The summed E-state index contributed by atoms with van der Waals surface area (Å²) >= 11 is 0. The number of carbonyl (C=O) groups excluding carboxylic acids is 1. The van der Waals surface area contributed by atoms with Gasteiger partial charge in [0.1, 0.15) is 0 Å². The molecule has 0 saturated carbocycles. The van der Waals surface area contributed by atoms with E-state index in [1.54, 1.807) is 11.9 Å². The molecule has 0 spiro atoms. The first-order valence-corrected chi connectivity index (χ1v) is 4.05. The second-order valence-corrected chi connectivity index (χ2v) is 3.00. The highest BCUT2D eigenvalue weighted by Gasteiger charge is 1.93. The molecular weight excluding hydrogens is 156 g/mol. The van der Waals surface area contributed by atoms with Gasteiger partial charge in [-0.1, -0.05) is 0 Å². The van der Waals surface area contributed by atoms with Crippen molar-refractivity contribution in [1.29, 1.82) is 0 Å². The van der Waals surface area contributed by atoms with Crippen molar-refractivity contribution in [3.63, 3.8) is 0 Å². The number of nitrogens with zero attached hydrogens (tertiary/aromatic N) is 2. The molecule has 72 valence electrons. The maximum atomic E-state index is 10.1. The van der Waals surface area contributed by atoms with E-state index in [4.69, 9.17) is 4.74 Å². The lowest BCUT2D eigenvalue weighted by atomic mass is 10.6. The van der Waals surface area contributed by atoms with E-state index in [1.165, 1.54) is 0 Å². The average Bonchev–Trinajstić information content (AvgIpc) is 2.03. The highest BCUT2D eigenvalue weighted by molar-refractivity contribution is 5.46. The third-order valence-corrected chi connectivity index (χ3v) is 1.45. The van der Waals surface area contributed by atoms with Crippen LogP contribution in [0, 0.1) is 0 Å². The summed E-state index contributed by atoms with van der Waals surface area (Å²) in [5.74, 6) is 0. The highest BCUT2D eigenvalue weighted by Crippen LogP contribution is 1.80. The molecule has 0 aromatic rings. The zero-order valence-corrected chi connectivity index (χ0v) is 8.12. The third-order valence-electron chi connectivity index (χ3n) is 1.45. The van der Waals surface area contributed by atoms with E-state index in [-0.39, 0.29) is 0 Å². The maximum absolute atomic E-state index is 10.1. The number of hydrogen-bond donors (Lipinski definition) is 0. The molecule has 12 heavy (non-hydrogen) atoms. The van der Waals surface area contributed by atoms with Crippen LogP contribution in [-0.2, 0) is 9.53 Å². The minimum absolute atomic E-state index is 0.614. The van der Waals surface area contributed by atoms with Crippen LogP contribution in [0.15, 0.2) is 0 Å². The van der Waals surface area contributed by atoms with Crippen LogP contribution in [0.1, 0.15) is 0 Å². The summed E-state index contributed by atoms with van der Waals surface area (Å²) in [5.41, 5.74) is 0. The van der Waals surface area contributed by atoms with Crippen molar-refractivity contribution < 1.29 is 9.53 Å². The van der Waals surface area contributed by atoms with Crippen molar-refractivity contribution in [1.82, 2.24) is 9.80 Å². The smallest absolute Gasteiger partial charge is 0.209 e. The minimum Gasteiger partial charge on any atom is -0.378 e. The fourth-order valence-corrected chi connectivity index (χ4v) is 0.610. The minimum atomic E-state index is 0.614. The zero-order chi connectivity index (χ0) is 9.40. The van der Waals surface area contributed by atoms with Crippen molar-refractivity contribution in [3.8, 4) is 0 Å². The molecule has 0 aromatic carbocycles. The predicted molar refractivity (Wildman–Crippen MR) is 48.1 cm³/mol. The fourth-order valence-electron chi connectivity index (χ4n) is 0.610. The van der Waals surface area contributed by atoms with Crippen LogP contribution in [0.4, 0.5) is 0 Å². The van der Waals surface area contributed by atoms with E-state index < -0.39 is 0 Å². The lowest BCUT2D eigenvalue weighted by molar-refractivity contribution is -0.117. The molecule has 0 fully saturated rings. The van der Waals surface area contributed by atoms with Gasteiger partial charge in [0.05, 0.1) is 13.2 Å². The Bertz CT molecular complexity index is 118. The summed E-state index contributed by atoms with van der Waals surface area (Å²) in [4.78, 5) is 13.8. The van der Waals surface area contributed by atoms with E-state index in [2.05, 4.69) is 4.90 Å². The van der Waals surface area contributed by atoms with Gasteiger partial charge in [-0.3, -0.25) is 4.79 Å². The second kappa shape index (κ2) is 7.06. The Morgan fingerprint density at radius 1 is 1.17 bits per heavy atom. The molecule has 0 rings (SSSR count). The molecule has 0 heterocycles. The van der Waals surface area contributed by atoms with Gasteiger partial charge in [-0.15, -0.1) is 0 Å². The van der Waals surface area contributed by atoms with Crippen molar-refractivity contribution in [2.24, 2.45) is 0 Å². The number of ether oxygens (including phenoxy) is 1. The van der Waals surface area contributed by atoms with Gasteiger partial charge >= 0.3 is 0 Å². The van der Waals surface area contributed by atoms with E-state index in [1.807, 2.05) is 14.1 Å². The first-order valence-electron chi connectivity index (χ1n) is 4.05. The van der Waals surface area contributed by atoms with Gasteiger partial charge in [0, 0.05) is 20.1 Å². The number of amides is 1. The Hall–Kier alpha value is -0.610. The summed E-state index contributed by atoms with van der Waals surface area (Å²) in [7, 11) is 5.74. The molecule has 1 amide bonds. The number of likely N-dealkylation sites (N-methyl/N-ethyl adjacent to an activating group) is 2. The van der Waals surface area contributed by atoms with Crippen LogP contribution in [-0.4, -0.2) is 63.7 Å². The van der Waals surface area contributed by atoms with Crippen LogP contribution < -0.4 is 0 Å². The number of hydrogen-bond acceptors (Lipinski definition) is 3. The molecule has 0 unspecified atom stereocenters. The summed E-state index contributed by atoms with van der Waals surface area (Å²) in [6, 6.07) is 0. The summed E-state index contributed by atoms with van der Waals surface area (Å²) in [5, 5.41) is 0. The van der Waals surface area contributed by atoms with E-state index in [0.717, 1.165) is 19.6 Å². The van der Waals surface area contributed by atoms with Crippen molar-refractivity contribution in [2.45, 2.75) is 0 Å². The first kappa shape index (κ1) is 11.4. The quantitative estimate of drug-likeness (QED) is 0.391. The standard InChI is InChI=1S/C8H18N2O2/c1-9(2)4-6-12-7-5-10(3)8-11/h8H,4-7H2,1-3H3. The molecular formula is C8H18N2O2. The molecule has 4 nitrogen and oxygen atoms in total. The molecule has 0 N–H and O–H groups in total. The molecule has 0 aliphatic heterocycles. The molecule has 0 saturated heterocycles. The monoisotopic (exact) mass is 174 g/mol. The number of rotatable bonds is 7. The topological polar surface area (TPSA) is 32.8 Å². The molecule has 0 aliphatic carbocycles. The molecule has 4 heteroatoms. The van der Waals surface area contributed by atoms with Crippen molar-refractivity contribution >= 4 is 6.41 Å². The molecule has 0 atom stereocenters. The predicted octanol–water partition coefficient (Wildman–Crippen LogP) is -0.347. The van der Waals surface area contributed by atoms with Crippen molar-refractivity contribution in [3.05, 3.63) is 0 Å². The van der Waals surface area contributed by atoms with E-state index in [0.29, 0.717) is 13.2 Å². The van der Waals surface area contributed by atoms with Gasteiger partial charge in [-0.2, -0.15) is 0 Å². The van der Waals surface area contributed by atoms with Gasteiger partial charge in [-0.25, -0.2) is 0 Å².